The Morgan fingerprint density at radius 3 is 2.50 bits per heavy atom. The summed E-state index contributed by atoms with van der Waals surface area (Å²) in [6, 6.07) is 9.73. The third kappa shape index (κ3) is 2.89. The summed E-state index contributed by atoms with van der Waals surface area (Å²) in [7, 11) is 1.84. The summed E-state index contributed by atoms with van der Waals surface area (Å²) in [6.45, 7) is 5.80. The summed E-state index contributed by atoms with van der Waals surface area (Å²) in [5.41, 5.74) is 0.949. The molecule has 1 aliphatic rings. The highest BCUT2D eigenvalue weighted by atomic mass is 16.2. The normalized spacial score (nSPS) is 18.3. The van der Waals surface area contributed by atoms with Gasteiger partial charge >= 0.3 is 0 Å². The lowest BCUT2D eigenvalue weighted by atomic mass is 10.2. The molecule has 0 bridgehead atoms. The molecule has 1 saturated heterocycles. The van der Waals surface area contributed by atoms with Crippen molar-refractivity contribution in [2.75, 3.05) is 38.1 Å². The van der Waals surface area contributed by atoms with Gasteiger partial charge < -0.3 is 10.2 Å². The number of rotatable bonds is 3. The van der Waals surface area contributed by atoms with E-state index in [4.69, 9.17) is 0 Å². The summed E-state index contributed by atoms with van der Waals surface area (Å²) < 4.78 is 0. The molecule has 4 nitrogen and oxygen atoms in total. The number of nitrogens with zero attached hydrogens (tertiary/aromatic N) is 2. The molecule has 0 saturated carbocycles. The van der Waals surface area contributed by atoms with Gasteiger partial charge in [0, 0.05) is 38.9 Å². The minimum Gasteiger partial charge on any atom is -0.314 e. The highest BCUT2D eigenvalue weighted by Crippen LogP contribution is 2.14. The third-order valence-electron chi connectivity index (χ3n) is 3.53. The molecule has 1 aromatic carbocycles. The molecule has 1 unspecified atom stereocenters. The molecule has 0 aromatic heterocycles. The zero-order valence-electron chi connectivity index (χ0n) is 11.1. The van der Waals surface area contributed by atoms with Crippen LogP contribution in [0.4, 0.5) is 5.69 Å². The Kier molecular flexibility index (Phi) is 4.33. The summed E-state index contributed by atoms with van der Waals surface area (Å²) in [5.74, 6) is 0.156. The van der Waals surface area contributed by atoms with E-state index in [0.29, 0.717) is 0 Å². The van der Waals surface area contributed by atoms with Crippen LogP contribution < -0.4 is 10.2 Å². The van der Waals surface area contributed by atoms with Crippen LogP contribution in [0.1, 0.15) is 6.92 Å². The highest BCUT2D eigenvalue weighted by Gasteiger charge is 2.25. The number of likely N-dealkylation sites (N-methyl/N-ethyl adjacent to an activating group) is 1. The van der Waals surface area contributed by atoms with Crippen molar-refractivity contribution >= 4 is 11.6 Å². The van der Waals surface area contributed by atoms with Crippen LogP contribution in [-0.4, -0.2) is 50.1 Å². The minimum atomic E-state index is -0.0580. The fourth-order valence-electron chi connectivity index (χ4n) is 2.28. The minimum absolute atomic E-state index is 0.0580. The summed E-state index contributed by atoms with van der Waals surface area (Å²) in [5, 5.41) is 3.30. The van der Waals surface area contributed by atoms with Gasteiger partial charge in [-0.3, -0.25) is 9.69 Å². The maximum absolute atomic E-state index is 12.4. The Hall–Kier alpha value is -1.39. The average molecular weight is 247 g/mol. The lowest BCUT2D eigenvalue weighted by Gasteiger charge is -2.34. The first-order chi connectivity index (χ1) is 8.70. The molecule has 1 fully saturated rings. The molecule has 98 valence electrons. The van der Waals surface area contributed by atoms with Crippen molar-refractivity contribution in [1.29, 1.82) is 0 Å². The fraction of sp³-hybridized carbons (Fsp3) is 0.500. The van der Waals surface area contributed by atoms with E-state index in [-0.39, 0.29) is 11.9 Å². The average Bonchev–Trinajstić information content (AvgIpc) is 2.47. The van der Waals surface area contributed by atoms with Crippen LogP contribution in [-0.2, 0) is 4.79 Å². The molecule has 1 heterocycles. The lowest BCUT2D eigenvalue weighted by Crippen LogP contribution is -2.53. The van der Waals surface area contributed by atoms with Gasteiger partial charge in [-0.25, -0.2) is 0 Å². The first-order valence-electron chi connectivity index (χ1n) is 6.47. The van der Waals surface area contributed by atoms with Gasteiger partial charge in [-0.1, -0.05) is 18.2 Å². The van der Waals surface area contributed by atoms with Crippen LogP contribution in [0.3, 0.4) is 0 Å². The number of piperazine rings is 1. The third-order valence-corrected chi connectivity index (χ3v) is 3.53. The van der Waals surface area contributed by atoms with Crippen LogP contribution in [0.5, 0.6) is 0 Å². The van der Waals surface area contributed by atoms with Crippen molar-refractivity contribution in [2.45, 2.75) is 13.0 Å². The van der Waals surface area contributed by atoms with Gasteiger partial charge in [-0.2, -0.15) is 0 Å². The summed E-state index contributed by atoms with van der Waals surface area (Å²) in [4.78, 5) is 16.4. The largest absolute Gasteiger partial charge is 0.314 e. The van der Waals surface area contributed by atoms with Crippen molar-refractivity contribution < 1.29 is 4.79 Å². The monoisotopic (exact) mass is 247 g/mol. The quantitative estimate of drug-likeness (QED) is 0.863. The van der Waals surface area contributed by atoms with Crippen molar-refractivity contribution in [1.82, 2.24) is 10.2 Å². The fourth-order valence-corrected chi connectivity index (χ4v) is 2.28. The second-order valence-electron chi connectivity index (χ2n) is 4.69. The molecule has 18 heavy (non-hydrogen) atoms. The van der Waals surface area contributed by atoms with Crippen LogP contribution in [0, 0.1) is 0 Å². The maximum Gasteiger partial charge on any atom is 0.243 e. The molecule has 0 spiro atoms. The summed E-state index contributed by atoms with van der Waals surface area (Å²) in [6.07, 6.45) is 0. The van der Waals surface area contributed by atoms with Gasteiger partial charge in [0.2, 0.25) is 5.91 Å². The number of carbonyl (C=O) groups is 1. The van der Waals surface area contributed by atoms with Gasteiger partial charge in [-0.05, 0) is 19.1 Å². The van der Waals surface area contributed by atoms with Gasteiger partial charge in [0.25, 0.3) is 0 Å². The Bertz CT molecular complexity index is 387. The Labute approximate surface area is 109 Å². The van der Waals surface area contributed by atoms with Gasteiger partial charge in [-0.15, -0.1) is 0 Å². The summed E-state index contributed by atoms with van der Waals surface area (Å²) >= 11 is 0. The van der Waals surface area contributed by atoms with E-state index in [0.717, 1.165) is 31.9 Å². The van der Waals surface area contributed by atoms with Gasteiger partial charge in [0.05, 0.1) is 6.04 Å². The Morgan fingerprint density at radius 1 is 1.28 bits per heavy atom. The number of para-hydroxylation sites is 1. The first-order valence-corrected chi connectivity index (χ1v) is 6.47. The van der Waals surface area contributed by atoms with Crippen LogP contribution >= 0.6 is 0 Å². The lowest BCUT2D eigenvalue weighted by molar-refractivity contribution is -0.123. The van der Waals surface area contributed by atoms with E-state index in [9.17, 15) is 4.79 Å². The molecular weight excluding hydrogens is 226 g/mol. The van der Waals surface area contributed by atoms with Crippen molar-refractivity contribution in [2.24, 2.45) is 0 Å². The van der Waals surface area contributed by atoms with Crippen molar-refractivity contribution in [3.8, 4) is 0 Å². The predicted molar refractivity (Wildman–Crippen MR) is 73.8 cm³/mol. The smallest absolute Gasteiger partial charge is 0.243 e. The van der Waals surface area contributed by atoms with E-state index >= 15 is 0 Å². The molecule has 1 atom stereocenters. The van der Waals surface area contributed by atoms with Crippen molar-refractivity contribution in [3.05, 3.63) is 30.3 Å². The maximum atomic E-state index is 12.4. The van der Waals surface area contributed by atoms with E-state index in [1.807, 2.05) is 44.3 Å². The molecule has 1 aromatic rings. The van der Waals surface area contributed by atoms with E-state index in [1.54, 1.807) is 4.90 Å². The zero-order chi connectivity index (χ0) is 13.0. The first kappa shape index (κ1) is 13.1. The number of nitrogens with one attached hydrogen (secondary N) is 1. The van der Waals surface area contributed by atoms with Crippen LogP contribution in [0.25, 0.3) is 0 Å². The zero-order valence-corrected chi connectivity index (χ0v) is 11.1. The van der Waals surface area contributed by atoms with Crippen LogP contribution in [0.2, 0.25) is 0 Å². The molecule has 4 heteroatoms. The van der Waals surface area contributed by atoms with Crippen molar-refractivity contribution in [3.63, 3.8) is 0 Å². The topological polar surface area (TPSA) is 35.6 Å². The number of benzene rings is 1. The molecule has 1 amide bonds. The second-order valence-corrected chi connectivity index (χ2v) is 4.69. The second kappa shape index (κ2) is 5.98. The van der Waals surface area contributed by atoms with E-state index < -0.39 is 0 Å². The molecule has 0 aliphatic carbocycles. The molecule has 1 N–H and O–H groups in total. The van der Waals surface area contributed by atoms with E-state index in [1.165, 1.54) is 0 Å². The number of hydrogen-bond donors (Lipinski definition) is 1. The highest BCUT2D eigenvalue weighted by molar-refractivity contribution is 5.96. The standard InChI is InChI=1S/C14H21N3O/c1-12(17-10-8-15-9-11-17)14(18)16(2)13-6-4-3-5-7-13/h3-7,12,15H,8-11H2,1-2H3. The number of carbonyl (C=O) groups excluding carboxylic acids is 1. The van der Waals surface area contributed by atoms with E-state index in [2.05, 4.69) is 10.2 Å². The Morgan fingerprint density at radius 2 is 1.89 bits per heavy atom. The molecule has 1 aliphatic heterocycles. The Balaban J connectivity index is 2.01. The van der Waals surface area contributed by atoms with Gasteiger partial charge in [0.1, 0.15) is 0 Å². The predicted octanol–water partition coefficient (Wildman–Crippen LogP) is 0.943. The number of anilines is 1. The molecule has 0 radical (unpaired) electrons. The van der Waals surface area contributed by atoms with Gasteiger partial charge in [0.15, 0.2) is 0 Å². The van der Waals surface area contributed by atoms with Crippen LogP contribution in [0.15, 0.2) is 30.3 Å². The molecular formula is C14H21N3O. The SMILES string of the molecule is CC(C(=O)N(C)c1ccccc1)N1CCNCC1. The molecule has 2 rings (SSSR count). The number of hydrogen-bond acceptors (Lipinski definition) is 3. The number of amides is 1.